The van der Waals surface area contributed by atoms with Crippen LogP contribution >= 0.6 is 0 Å². The summed E-state index contributed by atoms with van der Waals surface area (Å²) in [6.45, 7) is 4.10. The van der Waals surface area contributed by atoms with Gasteiger partial charge < -0.3 is 5.73 Å². The second-order valence-corrected chi connectivity index (χ2v) is 5.12. The Kier molecular flexibility index (Phi) is 3.29. The lowest BCUT2D eigenvalue weighted by Gasteiger charge is -2.17. The van der Waals surface area contributed by atoms with E-state index in [0.717, 1.165) is 18.5 Å². The molecule has 0 saturated heterocycles. The molecule has 0 aliphatic rings. The number of rotatable bonds is 4. The summed E-state index contributed by atoms with van der Waals surface area (Å²) >= 11 is 0. The lowest BCUT2D eigenvalue weighted by Crippen LogP contribution is -2.32. The molecule has 0 aliphatic heterocycles. The van der Waals surface area contributed by atoms with Crippen LogP contribution in [0.4, 0.5) is 0 Å². The van der Waals surface area contributed by atoms with Crippen LogP contribution in [0.25, 0.3) is 11.3 Å². The summed E-state index contributed by atoms with van der Waals surface area (Å²) in [5.74, 6) is 0. The molecule has 3 nitrogen and oxygen atoms in total. The van der Waals surface area contributed by atoms with E-state index in [2.05, 4.69) is 36.2 Å². The second kappa shape index (κ2) is 4.72. The molecule has 0 aliphatic carbocycles. The quantitative estimate of drug-likeness (QED) is 0.847. The first-order valence-corrected chi connectivity index (χ1v) is 5.93. The number of H-pyrrole nitrogens is 1. The molecule has 1 heterocycles. The highest BCUT2D eigenvalue weighted by Crippen LogP contribution is 2.22. The molecule has 1 aromatic heterocycles. The molecule has 0 fully saturated rings. The van der Waals surface area contributed by atoms with Crippen LogP contribution in [0.5, 0.6) is 0 Å². The van der Waals surface area contributed by atoms with Gasteiger partial charge in [0.15, 0.2) is 0 Å². The Bertz CT molecular complexity index is 466. The van der Waals surface area contributed by atoms with Crippen LogP contribution in [0.3, 0.4) is 0 Å². The van der Waals surface area contributed by atoms with E-state index in [1.807, 2.05) is 24.4 Å². The average molecular weight is 229 g/mol. The highest BCUT2D eigenvalue weighted by atomic mass is 15.1. The van der Waals surface area contributed by atoms with E-state index >= 15 is 0 Å². The zero-order valence-electron chi connectivity index (χ0n) is 10.4. The maximum Gasteiger partial charge on any atom is 0.0682 e. The van der Waals surface area contributed by atoms with Crippen molar-refractivity contribution in [2.45, 2.75) is 32.2 Å². The molecular formula is C14H19N3. The van der Waals surface area contributed by atoms with E-state index in [-0.39, 0.29) is 5.54 Å². The first kappa shape index (κ1) is 11.9. The maximum atomic E-state index is 6.01. The van der Waals surface area contributed by atoms with Gasteiger partial charge in [-0.25, -0.2) is 0 Å². The molecule has 0 saturated carbocycles. The molecule has 3 heteroatoms. The van der Waals surface area contributed by atoms with Crippen molar-refractivity contribution in [3.05, 3.63) is 42.1 Å². The van der Waals surface area contributed by atoms with Crippen molar-refractivity contribution in [3.63, 3.8) is 0 Å². The van der Waals surface area contributed by atoms with Gasteiger partial charge in [-0.1, -0.05) is 30.3 Å². The zero-order valence-corrected chi connectivity index (χ0v) is 10.4. The summed E-state index contributed by atoms with van der Waals surface area (Å²) in [6, 6.07) is 10.3. The van der Waals surface area contributed by atoms with Gasteiger partial charge in [0, 0.05) is 5.54 Å². The molecular weight excluding hydrogens is 210 g/mol. The minimum atomic E-state index is -0.134. The lowest BCUT2D eigenvalue weighted by atomic mass is 9.95. The Balaban J connectivity index is 2.18. The number of hydrogen-bond donors (Lipinski definition) is 2. The summed E-state index contributed by atoms with van der Waals surface area (Å²) < 4.78 is 0. The van der Waals surface area contributed by atoms with Gasteiger partial charge in [-0.15, -0.1) is 0 Å². The first-order valence-electron chi connectivity index (χ1n) is 5.93. The highest BCUT2D eigenvalue weighted by molar-refractivity contribution is 5.62. The van der Waals surface area contributed by atoms with Crippen LogP contribution in [0.1, 0.15) is 25.8 Å². The number of nitrogens with two attached hydrogens (primary N) is 1. The fourth-order valence-corrected chi connectivity index (χ4v) is 1.81. The number of nitrogens with one attached hydrogen (secondary N) is 1. The smallest absolute Gasteiger partial charge is 0.0682 e. The average Bonchev–Trinajstić information content (AvgIpc) is 2.75. The van der Waals surface area contributed by atoms with Crippen LogP contribution in [0.15, 0.2) is 36.5 Å². The normalized spacial score (nSPS) is 11.7. The number of aryl methyl sites for hydroxylation is 1. The predicted molar refractivity (Wildman–Crippen MR) is 70.6 cm³/mol. The summed E-state index contributed by atoms with van der Waals surface area (Å²) in [5.41, 5.74) is 9.39. The molecule has 0 spiro atoms. The van der Waals surface area contributed by atoms with Gasteiger partial charge in [0.1, 0.15) is 0 Å². The van der Waals surface area contributed by atoms with Gasteiger partial charge in [-0.2, -0.15) is 5.10 Å². The summed E-state index contributed by atoms with van der Waals surface area (Å²) in [4.78, 5) is 0. The molecule has 3 N–H and O–H groups in total. The number of aromatic amines is 1. The summed E-state index contributed by atoms with van der Waals surface area (Å²) in [7, 11) is 0. The van der Waals surface area contributed by atoms with E-state index < -0.39 is 0 Å². The topological polar surface area (TPSA) is 54.7 Å². The lowest BCUT2D eigenvalue weighted by molar-refractivity contribution is 0.477. The molecule has 0 unspecified atom stereocenters. The minimum Gasteiger partial charge on any atom is -0.326 e. The molecule has 0 atom stereocenters. The SMILES string of the molecule is CC(C)(N)CCc1cn[nH]c1-c1ccccc1. The molecule has 17 heavy (non-hydrogen) atoms. The van der Waals surface area contributed by atoms with Gasteiger partial charge in [0.25, 0.3) is 0 Å². The monoisotopic (exact) mass is 229 g/mol. The number of aromatic nitrogens is 2. The number of benzene rings is 1. The van der Waals surface area contributed by atoms with E-state index in [1.165, 1.54) is 11.1 Å². The Hall–Kier alpha value is -1.61. The molecule has 0 radical (unpaired) electrons. The second-order valence-electron chi connectivity index (χ2n) is 5.12. The van der Waals surface area contributed by atoms with Crippen LogP contribution in [0, 0.1) is 0 Å². The standard InChI is InChI=1S/C14H19N3/c1-14(2,15)9-8-12-10-16-17-13(12)11-6-4-3-5-7-11/h3-7,10H,8-9,15H2,1-2H3,(H,16,17). The molecule has 2 rings (SSSR count). The summed E-state index contributed by atoms with van der Waals surface area (Å²) in [6.07, 6.45) is 3.80. The maximum absolute atomic E-state index is 6.01. The Morgan fingerprint density at radius 2 is 1.94 bits per heavy atom. The molecule has 0 amide bonds. The summed E-state index contributed by atoms with van der Waals surface area (Å²) in [5, 5.41) is 7.20. The van der Waals surface area contributed by atoms with Gasteiger partial charge in [0.2, 0.25) is 0 Å². The zero-order chi connectivity index (χ0) is 12.3. The van der Waals surface area contributed by atoms with E-state index in [0.29, 0.717) is 0 Å². The van der Waals surface area contributed by atoms with Crippen LogP contribution in [0.2, 0.25) is 0 Å². The van der Waals surface area contributed by atoms with E-state index in [9.17, 15) is 0 Å². The third kappa shape index (κ3) is 3.17. The van der Waals surface area contributed by atoms with Crippen molar-refractivity contribution >= 4 is 0 Å². The number of hydrogen-bond acceptors (Lipinski definition) is 2. The largest absolute Gasteiger partial charge is 0.326 e. The van der Waals surface area contributed by atoms with Crippen LogP contribution in [-0.4, -0.2) is 15.7 Å². The predicted octanol–water partition coefficient (Wildman–Crippen LogP) is 2.75. The molecule has 2 aromatic rings. The van der Waals surface area contributed by atoms with Crippen molar-refractivity contribution < 1.29 is 0 Å². The fraction of sp³-hybridized carbons (Fsp3) is 0.357. The van der Waals surface area contributed by atoms with Gasteiger partial charge in [-0.05, 0) is 37.8 Å². The van der Waals surface area contributed by atoms with Gasteiger partial charge >= 0.3 is 0 Å². The third-order valence-corrected chi connectivity index (χ3v) is 2.82. The van der Waals surface area contributed by atoms with Crippen molar-refractivity contribution in [1.82, 2.24) is 10.2 Å². The van der Waals surface area contributed by atoms with Gasteiger partial charge in [-0.3, -0.25) is 5.10 Å². The Labute approximate surface area is 102 Å². The van der Waals surface area contributed by atoms with Crippen molar-refractivity contribution in [2.24, 2.45) is 5.73 Å². The molecule has 1 aromatic carbocycles. The van der Waals surface area contributed by atoms with Crippen LogP contribution < -0.4 is 5.73 Å². The van der Waals surface area contributed by atoms with E-state index in [1.54, 1.807) is 0 Å². The van der Waals surface area contributed by atoms with Crippen LogP contribution in [-0.2, 0) is 6.42 Å². The first-order chi connectivity index (χ1) is 8.06. The minimum absolute atomic E-state index is 0.134. The van der Waals surface area contributed by atoms with Crippen molar-refractivity contribution in [1.29, 1.82) is 0 Å². The van der Waals surface area contributed by atoms with Crippen molar-refractivity contribution in [3.8, 4) is 11.3 Å². The van der Waals surface area contributed by atoms with Gasteiger partial charge in [0.05, 0.1) is 11.9 Å². The Morgan fingerprint density at radius 3 is 2.59 bits per heavy atom. The number of nitrogens with zero attached hydrogens (tertiary/aromatic N) is 1. The fourth-order valence-electron chi connectivity index (χ4n) is 1.81. The molecule has 90 valence electrons. The Morgan fingerprint density at radius 1 is 1.24 bits per heavy atom. The molecule has 0 bridgehead atoms. The van der Waals surface area contributed by atoms with E-state index in [4.69, 9.17) is 5.73 Å². The highest BCUT2D eigenvalue weighted by Gasteiger charge is 2.13. The third-order valence-electron chi connectivity index (χ3n) is 2.82. The van der Waals surface area contributed by atoms with Crippen molar-refractivity contribution in [2.75, 3.05) is 0 Å².